The highest BCUT2D eigenvalue weighted by atomic mass is 15.3. The third-order valence-corrected chi connectivity index (χ3v) is 2.46. The average molecular weight is 212 g/mol. The Hall–Kier alpha value is -1.83. The monoisotopic (exact) mass is 212 g/mol. The van der Waals surface area contributed by atoms with E-state index in [1.54, 1.807) is 0 Å². The number of nitrogens with zero attached hydrogens (tertiary/aromatic N) is 1. The van der Waals surface area contributed by atoms with Gasteiger partial charge in [-0.2, -0.15) is 5.10 Å². The van der Waals surface area contributed by atoms with E-state index in [-0.39, 0.29) is 5.41 Å². The lowest BCUT2D eigenvalue weighted by Crippen LogP contribution is -2.09. The highest BCUT2D eigenvalue weighted by Gasteiger charge is 2.12. The molecule has 0 radical (unpaired) electrons. The molecule has 0 aliphatic heterocycles. The molecule has 82 valence electrons. The number of hydrogen-bond donors (Lipinski definition) is 1. The summed E-state index contributed by atoms with van der Waals surface area (Å²) in [5, 5.41) is 4.31. The highest BCUT2D eigenvalue weighted by molar-refractivity contribution is 6.05. The molecule has 1 aromatic carbocycles. The molecule has 0 heterocycles. The third-order valence-electron chi connectivity index (χ3n) is 2.46. The summed E-state index contributed by atoms with van der Waals surface area (Å²) in [6, 6.07) is 9.94. The largest absolute Gasteiger partial charge is 0.278 e. The molecule has 0 bridgehead atoms. The molecule has 0 unspecified atom stereocenters. The first kappa shape index (κ1) is 10.7. The summed E-state index contributed by atoms with van der Waals surface area (Å²) in [6.07, 6.45) is 8.38. The first-order chi connectivity index (χ1) is 7.66. The van der Waals surface area contributed by atoms with Crippen LogP contribution in [0.15, 0.2) is 59.7 Å². The van der Waals surface area contributed by atoms with Crippen molar-refractivity contribution in [2.24, 2.45) is 10.5 Å². The zero-order chi connectivity index (χ0) is 11.4. The first-order valence-electron chi connectivity index (χ1n) is 5.43. The molecule has 1 aliphatic carbocycles. The van der Waals surface area contributed by atoms with Crippen molar-refractivity contribution in [2.75, 3.05) is 5.43 Å². The Bertz CT molecular complexity index is 421. The predicted molar refractivity (Wildman–Crippen MR) is 69.6 cm³/mol. The Morgan fingerprint density at radius 1 is 1.00 bits per heavy atom. The lowest BCUT2D eigenvalue weighted by atomic mass is 9.88. The van der Waals surface area contributed by atoms with Gasteiger partial charge in [0.1, 0.15) is 0 Å². The van der Waals surface area contributed by atoms with Gasteiger partial charge in [0, 0.05) is 5.41 Å². The van der Waals surface area contributed by atoms with Crippen molar-refractivity contribution in [1.82, 2.24) is 0 Å². The van der Waals surface area contributed by atoms with Gasteiger partial charge in [0.05, 0.1) is 11.4 Å². The van der Waals surface area contributed by atoms with Gasteiger partial charge < -0.3 is 0 Å². The summed E-state index contributed by atoms with van der Waals surface area (Å²) in [7, 11) is 0. The molecule has 0 saturated heterocycles. The molecule has 1 aromatic rings. The Labute approximate surface area is 96.4 Å². The molecule has 2 rings (SSSR count). The second-order valence-electron chi connectivity index (χ2n) is 4.50. The van der Waals surface area contributed by atoms with E-state index in [2.05, 4.69) is 36.5 Å². The second kappa shape index (κ2) is 4.35. The quantitative estimate of drug-likeness (QED) is 0.744. The number of para-hydroxylation sites is 1. The van der Waals surface area contributed by atoms with Gasteiger partial charge in [-0.1, -0.05) is 44.2 Å². The fraction of sp³-hybridized carbons (Fsp3) is 0.214. The Morgan fingerprint density at radius 3 is 2.25 bits per heavy atom. The third kappa shape index (κ3) is 2.83. The minimum atomic E-state index is 0.145. The molecular formula is C14H16N2. The molecule has 0 fully saturated rings. The number of hydrogen-bond acceptors (Lipinski definition) is 2. The van der Waals surface area contributed by atoms with Crippen LogP contribution in [0.1, 0.15) is 13.8 Å². The van der Waals surface area contributed by atoms with Crippen molar-refractivity contribution in [1.29, 1.82) is 0 Å². The van der Waals surface area contributed by atoms with E-state index in [0.717, 1.165) is 11.4 Å². The maximum Gasteiger partial charge on any atom is 0.0827 e. The van der Waals surface area contributed by atoms with Crippen LogP contribution in [0.25, 0.3) is 0 Å². The van der Waals surface area contributed by atoms with Crippen LogP contribution in [-0.4, -0.2) is 5.71 Å². The fourth-order valence-corrected chi connectivity index (χ4v) is 1.43. The second-order valence-corrected chi connectivity index (χ2v) is 4.50. The van der Waals surface area contributed by atoms with E-state index in [4.69, 9.17) is 0 Å². The normalized spacial score (nSPS) is 17.2. The molecule has 2 nitrogen and oxygen atoms in total. The lowest BCUT2D eigenvalue weighted by Gasteiger charge is -2.17. The van der Waals surface area contributed by atoms with Crippen molar-refractivity contribution in [3.63, 3.8) is 0 Å². The summed E-state index contributed by atoms with van der Waals surface area (Å²) < 4.78 is 0. The Balaban J connectivity index is 2.03. The molecule has 16 heavy (non-hydrogen) atoms. The highest BCUT2D eigenvalue weighted by Crippen LogP contribution is 2.22. The summed E-state index contributed by atoms with van der Waals surface area (Å²) in [4.78, 5) is 0. The number of allylic oxidation sites excluding steroid dienone is 4. The van der Waals surface area contributed by atoms with Crippen LogP contribution in [0.4, 0.5) is 5.69 Å². The van der Waals surface area contributed by atoms with Crippen molar-refractivity contribution >= 4 is 11.4 Å². The van der Waals surface area contributed by atoms with Crippen LogP contribution in [0.3, 0.4) is 0 Å². The van der Waals surface area contributed by atoms with Gasteiger partial charge in [0.25, 0.3) is 0 Å². The van der Waals surface area contributed by atoms with E-state index in [0.29, 0.717) is 0 Å². The number of nitrogens with one attached hydrogen (secondary N) is 1. The summed E-state index contributed by atoms with van der Waals surface area (Å²) >= 11 is 0. The van der Waals surface area contributed by atoms with Crippen LogP contribution in [-0.2, 0) is 0 Å². The summed E-state index contributed by atoms with van der Waals surface area (Å²) in [5.41, 5.74) is 5.12. The lowest BCUT2D eigenvalue weighted by molar-refractivity contribution is 0.624. The van der Waals surface area contributed by atoms with Crippen molar-refractivity contribution in [3.05, 3.63) is 54.6 Å². The van der Waals surface area contributed by atoms with Gasteiger partial charge in [0.15, 0.2) is 0 Å². The maximum atomic E-state index is 4.31. The molecule has 0 spiro atoms. The molecule has 2 heteroatoms. The minimum absolute atomic E-state index is 0.145. The predicted octanol–water partition coefficient (Wildman–Crippen LogP) is 3.61. The summed E-state index contributed by atoms with van der Waals surface area (Å²) in [6.45, 7) is 4.34. The smallest absolute Gasteiger partial charge is 0.0827 e. The summed E-state index contributed by atoms with van der Waals surface area (Å²) in [5.74, 6) is 0. The number of hydrazone groups is 1. The molecule has 1 aliphatic rings. The van der Waals surface area contributed by atoms with E-state index >= 15 is 0 Å². The van der Waals surface area contributed by atoms with Crippen LogP contribution in [0, 0.1) is 5.41 Å². The zero-order valence-corrected chi connectivity index (χ0v) is 9.64. The van der Waals surface area contributed by atoms with Crippen LogP contribution in [0.5, 0.6) is 0 Å². The number of anilines is 1. The minimum Gasteiger partial charge on any atom is -0.278 e. The topological polar surface area (TPSA) is 24.4 Å². The van der Waals surface area contributed by atoms with E-state index in [9.17, 15) is 0 Å². The van der Waals surface area contributed by atoms with Crippen molar-refractivity contribution in [3.8, 4) is 0 Å². The molecular weight excluding hydrogens is 196 g/mol. The molecule has 0 atom stereocenters. The average Bonchev–Trinajstić information content (AvgIpc) is 2.29. The van der Waals surface area contributed by atoms with Gasteiger partial charge >= 0.3 is 0 Å². The van der Waals surface area contributed by atoms with Gasteiger partial charge in [-0.15, -0.1) is 0 Å². The van der Waals surface area contributed by atoms with Gasteiger partial charge in [-0.05, 0) is 24.3 Å². The van der Waals surface area contributed by atoms with E-state index in [1.807, 2.05) is 42.5 Å². The Kier molecular flexibility index (Phi) is 2.91. The standard InChI is InChI=1S/C14H16N2/c1-14(2)10-8-13(9-11-14)16-15-12-6-4-3-5-7-12/h3-11,15H,1-2H3. The molecule has 0 saturated carbocycles. The van der Waals surface area contributed by atoms with E-state index < -0.39 is 0 Å². The van der Waals surface area contributed by atoms with Crippen LogP contribution in [0.2, 0.25) is 0 Å². The van der Waals surface area contributed by atoms with Gasteiger partial charge in [-0.25, -0.2) is 0 Å². The zero-order valence-electron chi connectivity index (χ0n) is 9.64. The molecule has 0 amide bonds. The fourth-order valence-electron chi connectivity index (χ4n) is 1.43. The van der Waals surface area contributed by atoms with Crippen LogP contribution < -0.4 is 5.43 Å². The van der Waals surface area contributed by atoms with Crippen molar-refractivity contribution in [2.45, 2.75) is 13.8 Å². The number of rotatable bonds is 2. The maximum absolute atomic E-state index is 4.31. The van der Waals surface area contributed by atoms with Gasteiger partial charge in [-0.3, -0.25) is 5.43 Å². The first-order valence-corrected chi connectivity index (χ1v) is 5.43. The van der Waals surface area contributed by atoms with Crippen LogP contribution >= 0.6 is 0 Å². The number of benzene rings is 1. The SMILES string of the molecule is CC1(C)C=CC(=NNc2ccccc2)C=C1. The molecule has 1 N–H and O–H groups in total. The Morgan fingerprint density at radius 2 is 1.62 bits per heavy atom. The van der Waals surface area contributed by atoms with Gasteiger partial charge in [0.2, 0.25) is 0 Å². The van der Waals surface area contributed by atoms with Crippen molar-refractivity contribution < 1.29 is 0 Å². The molecule has 0 aromatic heterocycles. The van der Waals surface area contributed by atoms with E-state index in [1.165, 1.54) is 0 Å².